The van der Waals surface area contributed by atoms with Crippen molar-refractivity contribution in [3.05, 3.63) is 28.8 Å². The molecule has 124 valence electrons. The van der Waals surface area contributed by atoms with E-state index in [-0.39, 0.29) is 35.6 Å². The molecule has 1 fully saturated rings. The Bertz CT molecular complexity index is 520. The Kier molecular flexibility index (Phi) is 6.93. The van der Waals surface area contributed by atoms with Gasteiger partial charge in [-0.25, -0.2) is 0 Å². The Labute approximate surface area is 137 Å². The summed E-state index contributed by atoms with van der Waals surface area (Å²) in [7, 11) is 0. The van der Waals surface area contributed by atoms with Crippen molar-refractivity contribution < 1.29 is 18.0 Å². The summed E-state index contributed by atoms with van der Waals surface area (Å²) in [4.78, 5) is 13.8. The second-order valence-corrected chi connectivity index (χ2v) is 5.17. The van der Waals surface area contributed by atoms with E-state index in [1.807, 2.05) is 4.90 Å². The number of anilines is 1. The maximum Gasteiger partial charge on any atom is 0.417 e. The van der Waals surface area contributed by atoms with Crippen LogP contribution in [-0.4, -0.2) is 43.5 Å². The number of piperazine rings is 1. The summed E-state index contributed by atoms with van der Waals surface area (Å²) in [6.07, 6.45) is -4.55. The van der Waals surface area contributed by atoms with Crippen molar-refractivity contribution in [1.82, 2.24) is 10.2 Å². The summed E-state index contributed by atoms with van der Waals surface area (Å²) in [5.74, 6) is -0.340. The molecule has 0 aromatic heterocycles. The number of nitrogens with one attached hydrogen (secondary N) is 2. The van der Waals surface area contributed by atoms with Crippen LogP contribution in [-0.2, 0) is 11.0 Å². The molecule has 1 aliphatic heterocycles. The smallest absolute Gasteiger partial charge is 0.325 e. The quantitative estimate of drug-likeness (QED) is 0.873. The molecule has 2 N–H and O–H groups in total. The number of carbonyl (C=O) groups is 1. The largest absolute Gasteiger partial charge is 0.417 e. The number of alkyl halides is 3. The van der Waals surface area contributed by atoms with Gasteiger partial charge < -0.3 is 10.6 Å². The predicted molar refractivity (Wildman–Crippen MR) is 81.6 cm³/mol. The Hall–Kier alpha value is -1.02. The van der Waals surface area contributed by atoms with Gasteiger partial charge in [-0.05, 0) is 18.2 Å². The van der Waals surface area contributed by atoms with E-state index in [1.54, 1.807) is 0 Å². The highest BCUT2D eigenvalue weighted by atomic mass is 35.5. The van der Waals surface area contributed by atoms with Gasteiger partial charge in [0.1, 0.15) is 0 Å². The zero-order valence-corrected chi connectivity index (χ0v) is 13.1. The summed E-state index contributed by atoms with van der Waals surface area (Å²) < 4.78 is 38.2. The first-order chi connectivity index (χ1) is 9.86. The van der Waals surface area contributed by atoms with Crippen LogP contribution in [0.15, 0.2) is 18.2 Å². The Morgan fingerprint density at radius 3 is 2.55 bits per heavy atom. The molecule has 0 spiro atoms. The molecule has 1 aliphatic rings. The van der Waals surface area contributed by atoms with Crippen molar-refractivity contribution in [1.29, 1.82) is 0 Å². The molecule has 0 bridgehead atoms. The number of nitrogens with zero attached hydrogens (tertiary/aromatic N) is 1. The van der Waals surface area contributed by atoms with Crippen LogP contribution < -0.4 is 10.6 Å². The van der Waals surface area contributed by atoms with Crippen LogP contribution in [0.1, 0.15) is 5.56 Å². The molecule has 0 atom stereocenters. The topological polar surface area (TPSA) is 44.4 Å². The van der Waals surface area contributed by atoms with Crippen molar-refractivity contribution in [2.45, 2.75) is 6.18 Å². The Morgan fingerprint density at radius 2 is 1.95 bits per heavy atom. The second-order valence-electron chi connectivity index (χ2n) is 4.77. The van der Waals surface area contributed by atoms with Gasteiger partial charge in [0.25, 0.3) is 0 Å². The third-order valence-corrected chi connectivity index (χ3v) is 3.46. The first-order valence-corrected chi connectivity index (χ1v) is 6.84. The lowest BCUT2D eigenvalue weighted by molar-refractivity contribution is -0.137. The van der Waals surface area contributed by atoms with Crippen LogP contribution in [0, 0.1) is 0 Å². The highest BCUT2D eigenvalue weighted by molar-refractivity contribution is 6.31. The van der Waals surface area contributed by atoms with Gasteiger partial charge in [-0.1, -0.05) is 11.6 Å². The van der Waals surface area contributed by atoms with E-state index in [4.69, 9.17) is 11.6 Å². The lowest BCUT2D eigenvalue weighted by Crippen LogP contribution is -2.46. The molecule has 1 amide bonds. The summed E-state index contributed by atoms with van der Waals surface area (Å²) in [6.45, 7) is 3.23. The van der Waals surface area contributed by atoms with Crippen LogP contribution in [0.25, 0.3) is 0 Å². The third-order valence-electron chi connectivity index (χ3n) is 3.13. The van der Waals surface area contributed by atoms with E-state index in [0.717, 1.165) is 38.3 Å². The number of amides is 1. The molecule has 1 saturated heterocycles. The predicted octanol–water partition coefficient (Wildman–Crippen LogP) is 2.62. The molecule has 0 radical (unpaired) electrons. The van der Waals surface area contributed by atoms with Crippen molar-refractivity contribution in [2.75, 3.05) is 38.0 Å². The fraction of sp³-hybridized carbons (Fsp3) is 0.462. The second kappa shape index (κ2) is 8.01. The lowest BCUT2D eigenvalue weighted by Gasteiger charge is -2.26. The molecule has 2 rings (SSSR count). The van der Waals surface area contributed by atoms with E-state index in [0.29, 0.717) is 0 Å². The molecular weight excluding hydrogens is 342 g/mol. The third kappa shape index (κ3) is 5.31. The lowest BCUT2D eigenvalue weighted by atomic mass is 10.2. The summed E-state index contributed by atoms with van der Waals surface area (Å²) in [6, 6.07) is 3.33. The van der Waals surface area contributed by atoms with Crippen molar-refractivity contribution in [3.63, 3.8) is 0 Å². The van der Waals surface area contributed by atoms with E-state index in [1.165, 1.54) is 6.07 Å². The van der Waals surface area contributed by atoms with Gasteiger partial charge in [0.05, 0.1) is 17.1 Å². The minimum Gasteiger partial charge on any atom is -0.325 e. The molecule has 1 heterocycles. The average Bonchev–Trinajstić information content (AvgIpc) is 2.41. The molecule has 9 heteroatoms. The Morgan fingerprint density at radius 1 is 1.32 bits per heavy atom. The fourth-order valence-electron chi connectivity index (χ4n) is 2.09. The van der Waals surface area contributed by atoms with E-state index < -0.39 is 11.7 Å². The zero-order chi connectivity index (χ0) is 15.5. The van der Waals surface area contributed by atoms with Gasteiger partial charge >= 0.3 is 6.18 Å². The maximum absolute atomic E-state index is 12.7. The van der Waals surface area contributed by atoms with Crippen molar-refractivity contribution in [2.24, 2.45) is 0 Å². The normalized spacial score (nSPS) is 16.0. The van der Waals surface area contributed by atoms with E-state index in [2.05, 4.69) is 10.6 Å². The monoisotopic (exact) mass is 357 g/mol. The minimum atomic E-state index is -4.55. The van der Waals surface area contributed by atoms with Crippen molar-refractivity contribution >= 4 is 35.6 Å². The molecule has 0 unspecified atom stereocenters. The summed E-state index contributed by atoms with van der Waals surface area (Å²) in [5.41, 5.74) is -0.865. The number of hydrogen-bond donors (Lipinski definition) is 2. The number of halogens is 5. The van der Waals surface area contributed by atoms with E-state index in [9.17, 15) is 18.0 Å². The number of rotatable bonds is 3. The van der Waals surface area contributed by atoms with Gasteiger partial charge in [0, 0.05) is 31.9 Å². The average molecular weight is 358 g/mol. The molecule has 1 aromatic carbocycles. The summed E-state index contributed by atoms with van der Waals surface area (Å²) >= 11 is 5.53. The number of hydrogen-bond acceptors (Lipinski definition) is 3. The van der Waals surface area contributed by atoms with Gasteiger partial charge in [-0.2, -0.15) is 13.2 Å². The van der Waals surface area contributed by atoms with E-state index >= 15 is 0 Å². The van der Waals surface area contributed by atoms with Gasteiger partial charge in [-0.3, -0.25) is 9.69 Å². The summed E-state index contributed by atoms with van der Waals surface area (Å²) in [5, 5.41) is 5.24. The van der Waals surface area contributed by atoms with Crippen LogP contribution in [0.5, 0.6) is 0 Å². The fourth-order valence-corrected chi connectivity index (χ4v) is 2.32. The molecular formula is C13H16Cl2F3N3O. The number of carbonyl (C=O) groups excluding carboxylic acids is 1. The van der Waals surface area contributed by atoms with Gasteiger partial charge in [-0.15, -0.1) is 12.4 Å². The van der Waals surface area contributed by atoms with Crippen molar-refractivity contribution in [3.8, 4) is 0 Å². The van der Waals surface area contributed by atoms with Crippen LogP contribution in [0.2, 0.25) is 5.02 Å². The number of benzene rings is 1. The molecule has 0 saturated carbocycles. The van der Waals surface area contributed by atoms with Gasteiger partial charge in [0.15, 0.2) is 0 Å². The van der Waals surface area contributed by atoms with Crippen LogP contribution in [0.4, 0.5) is 18.9 Å². The molecule has 0 aliphatic carbocycles. The standard InChI is InChI=1S/C13H15ClF3N3O.ClH/c14-11-2-1-9(7-10(11)13(15,16)17)19-12(21)8-20-5-3-18-4-6-20;/h1-2,7,18H,3-6,8H2,(H,19,21);1H. The molecule has 1 aromatic rings. The van der Waals surface area contributed by atoms with Gasteiger partial charge in [0.2, 0.25) is 5.91 Å². The van der Waals surface area contributed by atoms with Crippen LogP contribution in [0.3, 0.4) is 0 Å². The SMILES string of the molecule is Cl.O=C(CN1CCNCC1)Nc1ccc(Cl)c(C(F)(F)F)c1. The first kappa shape index (κ1) is 19.0. The highest BCUT2D eigenvalue weighted by Crippen LogP contribution is 2.36. The minimum absolute atomic E-state index is 0. The molecule has 4 nitrogen and oxygen atoms in total. The zero-order valence-electron chi connectivity index (χ0n) is 11.5. The highest BCUT2D eigenvalue weighted by Gasteiger charge is 2.33. The maximum atomic E-state index is 12.7. The van der Waals surface area contributed by atoms with Crippen LogP contribution >= 0.6 is 24.0 Å². The first-order valence-electron chi connectivity index (χ1n) is 6.46. The molecule has 22 heavy (non-hydrogen) atoms. The Balaban J connectivity index is 0.00000242.